The van der Waals surface area contributed by atoms with Crippen LogP contribution in [-0.4, -0.2) is 12.0 Å². The average molecular weight is 337 g/mol. The number of nitrogens with one attached hydrogen (secondary N) is 1. The smallest absolute Gasteiger partial charge is 0.265 e. The standard InChI is InChI=1S/C22H27NO2/c1-15(2)20-10-6-7-11-21(20)23-22(24)16(3)25-19-13-12-17-8-4-5-9-18(17)14-19/h6-7,10-16H,4-5,8-9H2,1-3H3,(H,23,24)/t16-/m0/s1. The summed E-state index contributed by atoms with van der Waals surface area (Å²) >= 11 is 0. The lowest BCUT2D eigenvalue weighted by Gasteiger charge is -2.20. The van der Waals surface area contributed by atoms with Crippen molar-refractivity contribution in [3.05, 3.63) is 59.2 Å². The number of carbonyl (C=O) groups is 1. The molecule has 0 aromatic heterocycles. The van der Waals surface area contributed by atoms with E-state index in [-0.39, 0.29) is 5.91 Å². The van der Waals surface area contributed by atoms with E-state index in [0.717, 1.165) is 29.8 Å². The number of hydrogen-bond donors (Lipinski definition) is 1. The first kappa shape index (κ1) is 17.5. The lowest BCUT2D eigenvalue weighted by Crippen LogP contribution is -2.30. The molecule has 0 unspecified atom stereocenters. The monoisotopic (exact) mass is 337 g/mol. The summed E-state index contributed by atoms with van der Waals surface area (Å²) in [7, 11) is 0. The Morgan fingerprint density at radius 2 is 1.72 bits per heavy atom. The third-order valence-corrected chi connectivity index (χ3v) is 4.84. The number of benzene rings is 2. The molecule has 2 aromatic rings. The number of hydrogen-bond acceptors (Lipinski definition) is 2. The van der Waals surface area contributed by atoms with E-state index in [1.54, 1.807) is 6.92 Å². The number of anilines is 1. The summed E-state index contributed by atoms with van der Waals surface area (Å²) in [6.07, 6.45) is 4.22. The number of ether oxygens (including phenoxy) is 1. The zero-order valence-corrected chi connectivity index (χ0v) is 15.3. The second kappa shape index (κ2) is 7.73. The van der Waals surface area contributed by atoms with Crippen molar-refractivity contribution >= 4 is 11.6 Å². The van der Waals surface area contributed by atoms with Gasteiger partial charge in [-0.1, -0.05) is 38.1 Å². The lowest BCUT2D eigenvalue weighted by atomic mass is 9.92. The molecule has 0 spiro atoms. The largest absolute Gasteiger partial charge is 0.481 e. The van der Waals surface area contributed by atoms with Crippen molar-refractivity contribution in [2.24, 2.45) is 0 Å². The Morgan fingerprint density at radius 3 is 2.48 bits per heavy atom. The first-order chi connectivity index (χ1) is 12.0. The van der Waals surface area contributed by atoms with Gasteiger partial charge in [0, 0.05) is 5.69 Å². The minimum atomic E-state index is -0.540. The molecule has 0 radical (unpaired) electrons. The van der Waals surface area contributed by atoms with Gasteiger partial charge in [-0.05, 0) is 73.4 Å². The molecule has 0 saturated carbocycles. The number of aryl methyl sites for hydroxylation is 2. The van der Waals surface area contributed by atoms with Gasteiger partial charge in [0.25, 0.3) is 5.91 Å². The highest BCUT2D eigenvalue weighted by molar-refractivity contribution is 5.94. The fourth-order valence-corrected chi connectivity index (χ4v) is 3.39. The Hall–Kier alpha value is -2.29. The predicted octanol–water partition coefficient (Wildman–Crippen LogP) is 5.09. The van der Waals surface area contributed by atoms with Crippen molar-refractivity contribution in [3.63, 3.8) is 0 Å². The van der Waals surface area contributed by atoms with Crippen molar-refractivity contribution < 1.29 is 9.53 Å². The third-order valence-electron chi connectivity index (χ3n) is 4.84. The van der Waals surface area contributed by atoms with Crippen molar-refractivity contribution in [2.45, 2.75) is 58.5 Å². The summed E-state index contributed by atoms with van der Waals surface area (Å²) in [5.41, 5.74) is 4.78. The second-order valence-corrected chi connectivity index (χ2v) is 7.13. The Kier molecular flexibility index (Phi) is 5.42. The Labute approximate surface area is 150 Å². The van der Waals surface area contributed by atoms with Crippen molar-refractivity contribution in [3.8, 4) is 5.75 Å². The van der Waals surface area contributed by atoms with Crippen LogP contribution in [-0.2, 0) is 17.6 Å². The number of para-hydroxylation sites is 1. The molecule has 132 valence electrons. The summed E-state index contributed by atoms with van der Waals surface area (Å²) in [5.74, 6) is 1.01. The maximum atomic E-state index is 12.5. The van der Waals surface area contributed by atoms with Gasteiger partial charge in [-0.3, -0.25) is 4.79 Å². The lowest BCUT2D eigenvalue weighted by molar-refractivity contribution is -0.122. The van der Waals surface area contributed by atoms with Gasteiger partial charge >= 0.3 is 0 Å². The minimum Gasteiger partial charge on any atom is -0.481 e. The molecule has 25 heavy (non-hydrogen) atoms. The SMILES string of the molecule is CC(C)c1ccccc1NC(=O)[C@H](C)Oc1ccc2c(c1)CCCC2. The topological polar surface area (TPSA) is 38.3 Å². The Morgan fingerprint density at radius 1 is 1.00 bits per heavy atom. The molecule has 0 saturated heterocycles. The van der Waals surface area contributed by atoms with Gasteiger partial charge in [-0.15, -0.1) is 0 Å². The van der Waals surface area contributed by atoms with E-state index >= 15 is 0 Å². The molecular weight excluding hydrogens is 310 g/mol. The maximum absolute atomic E-state index is 12.5. The number of amides is 1. The summed E-state index contributed by atoms with van der Waals surface area (Å²) in [6.45, 7) is 6.04. The van der Waals surface area contributed by atoms with E-state index in [1.807, 2.05) is 24.3 Å². The molecule has 0 bridgehead atoms. The van der Waals surface area contributed by atoms with Crippen LogP contribution in [0.5, 0.6) is 5.75 Å². The first-order valence-electron chi connectivity index (χ1n) is 9.23. The van der Waals surface area contributed by atoms with Crippen LogP contribution in [0.3, 0.4) is 0 Å². The van der Waals surface area contributed by atoms with E-state index < -0.39 is 6.10 Å². The van der Waals surface area contributed by atoms with Crippen LogP contribution in [0.25, 0.3) is 0 Å². The van der Waals surface area contributed by atoms with Crippen LogP contribution < -0.4 is 10.1 Å². The fourth-order valence-electron chi connectivity index (χ4n) is 3.39. The van der Waals surface area contributed by atoms with E-state index in [1.165, 1.54) is 24.0 Å². The summed E-state index contributed by atoms with van der Waals surface area (Å²) in [6, 6.07) is 14.2. The Bertz CT molecular complexity index is 751. The minimum absolute atomic E-state index is 0.120. The van der Waals surface area contributed by atoms with Gasteiger partial charge < -0.3 is 10.1 Å². The molecule has 0 aliphatic heterocycles. The van der Waals surface area contributed by atoms with Crippen LogP contribution >= 0.6 is 0 Å². The molecular formula is C22H27NO2. The first-order valence-corrected chi connectivity index (χ1v) is 9.23. The predicted molar refractivity (Wildman–Crippen MR) is 102 cm³/mol. The van der Waals surface area contributed by atoms with Crippen LogP contribution in [0, 0.1) is 0 Å². The summed E-state index contributed by atoms with van der Waals surface area (Å²) in [4.78, 5) is 12.5. The van der Waals surface area contributed by atoms with Gasteiger partial charge in [0.15, 0.2) is 6.10 Å². The molecule has 2 aromatic carbocycles. The molecule has 0 fully saturated rings. The van der Waals surface area contributed by atoms with Gasteiger partial charge in [-0.2, -0.15) is 0 Å². The van der Waals surface area contributed by atoms with Crippen molar-refractivity contribution in [1.82, 2.24) is 0 Å². The quantitative estimate of drug-likeness (QED) is 0.825. The molecule has 1 aliphatic carbocycles. The highest BCUT2D eigenvalue weighted by Gasteiger charge is 2.18. The molecule has 1 aliphatic rings. The van der Waals surface area contributed by atoms with Crippen LogP contribution in [0.2, 0.25) is 0 Å². The van der Waals surface area contributed by atoms with Crippen LogP contribution in [0.1, 0.15) is 56.2 Å². The maximum Gasteiger partial charge on any atom is 0.265 e. The summed E-state index contributed by atoms with van der Waals surface area (Å²) < 4.78 is 5.90. The molecule has 1 atom stereocenters. The highest BCUT2D eigenvalue weighted by atomic mass is 16.5. The zero-order valence-electron chi connectivity index (χ0n) is 15.3. The normalized spacial score (nSPS) is 14.7. The van der Waals surface area contributed by atoms with Crippen molar-refractivity contribution in [2.75, 3.05) is 5.32 Å². The molecule has 3 nitrogen and oxygen atoms in total. The number of rotatable bonds is 5. The molecule has 3 heteroatoms. The molecule has 3 rings (SSSR count). The van der Waals surface area contributed by atoms with Gasteiger partial charge in [0.1, 0.15) is 5.75 Å². The van der Waals surface area contributed by atoms with Gasteiger partial charge in [0.2, 0.25) is 0 Å². The number of fused-ring (bicyclic) bond motifs is 1. The third kappa shape index (κ3) is 4.22. The average Bonchev–Trinajstić information content (AvgIpc) is 2.61. The van der Waals surface area contributed by atoms with Crippen LogP contribution in [0.15, 0.2) is 42.5 Å². The molecule has 1 N–H and O–H groups in total. The zero-order chi connectivity index (χ0) is 17.8. The number of carbonyl (C=O) groups excluding carboxylic acids is 1. The van der Waals surface area contributed by atoms with E-state index in [4.69, 9.17) is 4.74 Å². The summed E-state index contributed by atoms with van der Waals surface area (Å²) in [5, 5.41) is 3.01. The molecule has 0 heterocycles. The molecule has 1 amide bonds. The van der Waals surface area contributed by atoms with Gasteiger partial charge in [-0.25, -0.2) is 0 Å². The fraction of sp³-hybridized carbons (Fsp3) is 0.409. The highest BCUT2D eigenvalue weighted by Crippen LogP contribution is 2.27. The van der Waals surface area contributed by atoms with E-state index in [9.17, 15) is 4.79 Å². The van der Waals surface area contributed by atoms with E-state index in [2.05, 4.69) is 37.4 Å². The second-order valence-electron chi connectivity index (χ2n) is 7.13. The van der Waals surface area contributed by atoms with E-state index in [0.29, 0.717) is 5.92 Å². The Balaban J connectivity index is 1.67. The van der Waals surface area contributed by atoms with Crippen molar-refractivity contribution in [1.29, 1.82) is 0 Å². The van der Waals surface area contributed by atoms with Gasteiger partial charge in [0.05, 0.1) is 0 Å². The van der Waals surface area contributed by atoms with Crippen LogP contribution in [0.4, 0.5) is 5.69 Å².